The number of carbonyl (C=O) groups excluding carboxylic acids is 1. The molecule has 0 bridgehead atoms. The summed E-state index contributed by atoms with van der Waals surface area (Å²) in [6.07, 6.45) is 4.70. The third kappa shape index (κ3) is 1.86. The van der Waals surface area contributed by atoms with Gasteiger partial charge in [0.1, 0.15) is 0 Å². The van der Waals surface area contributed by atoms with Crippen LogP contribution in [-0.2, 0) is 11.2 Å². The smallest absolute Gasteiger partial charge is 0.240 e. The van der Waals surface area contributed by atoms with Gasteiger partial charge in [-0.3, -0.25) is 4.79 Å². The highest BCUT2D eigenvalue weighted by atomic mass is 32.1. The van der Waals surface area contributed by atoms with Gasteiger partial charge in [0.05, 0.1) is 10.4 Å². The molecule has 1 aliphatic carbocycles. The molecular formula is C15H18N2OS. The molecule has 3 rings (SSSR count). The third-order valence-corrected chi connectivity index (χ3v) is 4.83. The number of anilines is 1. The van der Waals surface area contributed by atoms with Crippen molar-refractivity contribution in [3.63, 3.8) is 0 Å². The van der Waals surface area contributed by atoms with E-state index >= 15 is 0 Å². The number of rotatable bonds is 2. The van der Waals surface area contributed by atoms with E-state index in [4.69, 9.17) is 18.0 Å². The molecule has 0 atom stereocenters. The van der Waals surface area contributed by atoms with Crippen molar-refractivity contribution in [1.29, 1.82) is 0 Å². The van der Waals surface area contributed by atoms with Crippen LogP contribution in [0.25, 0.3) is 0 Å². The zero-order chi connectivity index (χ0) is 13.5. The number of benzene rings is 1. The molecule has 0 saturated heterocycles. The van der Waals surface area contributed by atoms with Crippen molar-refractivity contribution in [2.45, 2.75) is 32.1 Å². The molecular weight excluding hydrogens is 256 g/mol. The summed E-state index contributed by atoms with van der Waals surface area (Å²) in [5.41, 5.74) is 7.57. The van der Waals surface area contributed by atoms with E-state index in [0.29, 0.717) is 4.99 Å². The number of hydrogen-bond acceptors (Lipinski definition) is 2. The van der Waals surface area contributed by atoms with Crippen molar-refractivity contribution >= 4 is 28.8 Å². The van der Waals surface area contributed by atoms with Crippen LogP contribution < -0.4 is 10.6 Å². The van der Waals surface area contributed by atoms with Gasteiger partial charge in [0, 0.05) is 12.2 Å². The second-order valence-electron chi connectivity index (χ2n) is 5.49. The zero-order valence-electron chi connectivity index (χ0n) is 10.9. The Bertz CT molecular complexity index is 537. The van der Waals surface area contributed by atoms with E-state index in [1.807, 2.05) is 23.1 Å². The first-order valence-corrected chi connectivity index (χ1v) is 7.26. The maximum Gasteiger partial charge on any atom is 0.240 e. The molecule has 19 heavy (non-hydrogen) atoms. The molecule has 4 heteroatoms. The number of nitrogens with zero attached hydrogens (tertiary/aromatic N) is 1. The lowest BCUT2D eigenvalue weighted by atomic mass is 9.67. The van der Waals surface area contributed by atoms with E-state index < -0.39 is 5.41 Å². The maximum atomic E-state index is 12.9. The molecule has 1 aromatic carbocycles. The van der Waals surface area contributed by atoms with Gasteiger partial charge in [-0.25, -0.2) is 0 Å². The van der Waals surface area contributed by atoms with Gasteiger partial charge in [0.25, 0.3) is 0 Å². The van der Waals surface area contributed by atoms with Crippen LogP contribution in [0.4, 0.5) is 5.69 Å². The highest BCUT2D eigenvalue weighted by Gasteiger charge is 2.49. The standard InChI is InChI=1S/C15H18N2OS/c16-13(19)15(8-4-9-15)14(18)17-10-3-6-11-5-1-2-7-12(11)17/h1-2,5,7H,3-4,6,8-10H2,(H2,16,19). The van der Waals surface area contributed by atoms with Gasteiger partial charge in [-0.15, -0.1) is 0 Å². The van der Waals surface area contributed by atoms with E-state index in [9.17, 15) is 4.79 Å². The average Bonchev–Trinajstić information content (AvgIpc) is 2.36. The SMILES string of the molecule is NC(=S)C1(C(=O)N2CCCc3ccccc32)CCC1. The number of hydrogen-bond donors (Lipinski definition) is 1. The molecule has 1 heterocycles. The van der Waals surface area contributed by atoms with Crippen LogP contribution in [-0.4, -0.2) is 17.4 Å². The van der Waals surface area contributed by atoms with Crippen LogP contribution in [0.15, 0.2) is 24.3 Å². The van der Waals surface area contributed by atoms with Gasteiger partial charge in [0.2, 0.25) is 5.91 Å². The Morgan fingerprint density at radius 2 is 2.00 bits per heavy atom. The molecule has 2 N–H and O–H groups in total. The number of thiocarbonyl (C=S) groups is 1. The lowest BCUT2D eigenvalue weighted by molar-refractivity contribution is -0.128. The summed E-state index contributed by atoms with van der Waals surface area (Å²) in [6.45, 7) is 0.778. The first-order chi connectivity index (χ1) is 9.15. The van der Waals surface area contributed by atoms with E-state index in [1.54, 1.807) is 0 Å². The fourth-order valence-electron chi connectivity index (χ4n) is 3.10. The Morgan fingerprint density at radius 3 is 2.63 bits per heavy atom. The van der Waals surface area contributed by atoms with Gasteiger partial charge >= 0.3 is 0 Å². The molecule has 0 spiro atoms. The van der Waals surface area contributed by atoms with Crippen LogP contribution in [0, 0.1) is 5.41 Å². The quantitative estimate of drug-likeness (QED) is 0.843. The molecule has 1 aromatic rings. The molecule has 3 nitrogen and oxygen atoms in total. The Kier molecular flexibility index (Phi) is 3.05. The first-order valence-electron chi connectivity index (χ1n) is 6.85. The summed E-state index contributed by atoms with van der Waals surface area (Å²) < 4.78 is 0. The highest BCUT2D eigenvalue weighted by molar-refractivity contribution is 7.80. The van der Waals surface area contributed by atoms with E-state index in [0.717, 1.165) is 44.3 Å². The molecule has 2 aliphatic rings. The summed E-state index contributed by atoms with van der Waals surface area (Å²) in [5, 5.41) is 0. The van der Waals surface area contributed by atoms with Crippen molar-refractivity contribution in [1.82, 2.24) is 0 Å². The number of amides is 1. The molecule has 1 fully saturated rings. The second-order valence-corrected chi connectivity index (χ2v) is 5.93. The molecule has 0 radical (unpaired) electrons. The average molecular weight is 274 g/mol. The number of fused-ring (bicyclic) bond motifs is 1. The van der Waals surface area contributed by atoms with E-state index in [2.05, 4.69) is 6.07 Å². The molecule has 0 aromatic heterocycles. The molecule has 100 valence electrons. The summed E-state index contributed by atoms with van der Waals surface area (Å²) in [7, 11) is 0. The van der Waals surface area contributed by atoms with Gasteiger partial charge in [-0.2, -0.15) is 0 Å². The van der Waals surface area contributed by atoms with Crippen LogP contribution in [0.2, 0.25) is 0 Å². The van der Waals surface area contributed by atoms with Crippen molar-refractivity contribution in [3.8, 4) is 0 Å². The Hall–Kier alpha value is -1.42. The van der Waals surface area contributed by atoms with Crippen molar-refractivity contribution < 1.29 is 4.79 Å². The van der Waals surface area contributed by atoms with Crippen LogP contribution in [0.1, 0.15) is 31.2 Å². The number of carbonyl (C=O) groups is 1. The molecule has 1 saturated carbocycles. The minimum atomic E-state index is -0.570. The van der Waals surface area contributed by atoms with Crippen molar-refractivity contribution in [3.05, 3.63) is 29.8 Å². The second kappa shape index (κ2) is 4.60. The summed E-state index contributed by atoms with van der Waals surface area (Å²) in [5.74, 6) is 0.110. The Labute approximate surface area is 118 Å². The summed E-state index contributed by atoms with van der Waals surface area (Å²) in [6, 6.07) is 8.14. The third-order valence-electron chi connectivity index (χ3n) is 4.44. The van der Waals surface area contributed by atoms with Crippen LogP contribution in [0.5, 0.6) is 0 Å². The minimum Gasteiger partial charge on any atom is -0.392 e. The fourth-order valence-corrected chi connectivity index (χ4v) is 3.39. The van der Waals surface area contributed by atoms with E-state index in [1.165, 1.54) is 5.56 Å². The van der Waals surface area contributed by atoms with Crippen LogP contribution >= 0.6 is 12.2 Å². The van der Waals surface area contributed by atoms with Gasteiger partial charge in [-0.05, 0) is 37.3 Å². The Morgan fingerprint density at radius 1 is 1.26 bits per heavy atom. The number of nitrogens with two attached hydrogens (primary N) is 1. The zero-order valence-corrected chi connectivity index (χ0v) is 11.7. The minimum absolute atomic E-state index is 0.110. The maximum absolute atomic E-state index is 12.9. The Balaban J connectivity index is 1.95. The fraction of sp³-hybridized carbons (Fsp3) is 0.467. The number of aryl methyl sites for hydroxylation is 1. The predicted molar refractivity (Wildman–Crippen MR) is 80.2 cm³/mol. The van der Waals surface area contributed by atoms with Gasteiger partial charge in [0.15, 0.2) is 0 Å². The van der Waals surface area contributed by atoms with Gasteiger partial charge < -0.3 is 10.6 Å². The topological polar surface area (TPSA) is 46.3 Å². The lowest BCUT2D eigenvalue weighted by Gasteiger charge is -2.44. The number of para-hydroxylation sites is 1. The highest BCUT2D eigenvalue weighted by Crippen LogP contribution is 2.44. The summed E-state index contributed by atoms with van der Waals surface area (Å²) >= 11 is 5.16. The van der Waals surface area contributed by atoms with Crippen molar-refractivity contribution in [2.24, 2.45) is 11.1 Å². The van der Waals surface area contributed by atoms with Crippen LogP contribution in [0.3, 0.4) is 0 Å². The molecule has 1 amide bonds. The largest absolute Gasteiger partial charge is 0.392 e. The lowest BCUT2D eigenvalue weighted by Crippen LogP contribution is -2.55. The van der Waals surface area contributed by atoms with E-state index in [-0.39, 0.29) is 5.91 Å². The van der Waals surface area contributed by atoms with Gasteiger partial charge in [-0.1, -0.05) is 36.8 Å². The van der Waals surface area contributed by atoms with Crippen molar-refractivity contribution in [2.75, 3.05) is 11.4 Å². The molecule has 1 aliphatic heterocycles. The monoisotopic (exact) mass is 274 g/mol. The predicted octanol–water partition coefficient (Wildman–Crippen LogP) is 2.42. The normalized spacial score (nSPS) is 20.3. The summed E-state index contributed by atoms with van der Waals surface area (Å²) in [4.78, 5) is 15.1. The molecule has 0 unspecified atom stereocenters. The first kappa shape index (κ1) is 12.6.